The lowest BCUT2D eigenvalue weighted by molar-refractivity contribution is 0.602. The number of aromatic nitrogens is 6. The van der Waals surface area contributed by atoms with E-state index in [0.717, 1.165) is 21.5 Å². The normalized spacial score (nSPS) is 12.0. The highest BCUT2D eigenvalue weighted by molar-refractivity contribution is 7.98. The summed E-state index contributed by atoms with van der Waals surface area (Å²) in [7, 11) is -3.28. The molecule has 0 bridgehead atoms. The van der Waals surface area contributed by atoms with E-state index in [2.05, 4.69) is 15.5 Å². The van der Waals surface area contributed by atoms with Crippen LogP contribution in [0.25, 0.3) is 15.9 Å². The predicted octanol–water partition coefficient (Wildman–Crippen LogP) is 2.77. The summed E-state index contributed by atoms with van der Waals surface area (Å²) in [6.07, 6.45) is 1.16. The Balaban J connectivity index is 1.65. The lowest BCUT2D eigenvalue weighted by Gasteiger charge is -2.10. The SMILES string of the molecule is CCn1c(SCc2nnnn2-c2ccc(S(C)(=O)=O)cc2)nc2sc(C)c(C)c2c1=O. The standard InChI is InChI=1S/C19H20N6O3S3/c1-5-24-18(26)16-11(2)12(3)30-17(16)20-19(24)29-10-15-21-22-23-25(15)13-6-8-14(9-7-13)31(4,27)28/h6-9H,5,10H2,1-4H3. The quantitative estimate of drug-likeness (QED) is 0.308. The Hall–Kier alpha value is -2.57. The summed E-state index contributed by atoms with van der Waals surface area (Å²) in [5.74, 6) is 0.954. The zero-order valence-corrected chi connectivity index (χ0v) is 19.8. The first kappa shape index (κ1) is 21.7. The first-order chi connectivity index (χ1) is 14.7. The molecule has 1 aromatic carbocycles. The number of nitrogens with zero attached hydrogens (tertiary/aromatic N) is 6. The molecule has 0 spiro atoms. The molecule has 0 amide bonds. The highest BCUT2D eigenvalue weighted by Crippen LogP contribution is 2.29. The van der Waals surface area contributed by atoms with Crippen LogP contribution in [-0.2, 0) is 22.1 Å². The third kappa shape index (κ3) is 4.02. The molecule has 0 aliphatic carbocycles. The van der Waals surface area contributed by atoms with Crippen molar-refractivity contribution in [3.05, 3.63) is 50.9 Å². The summed E-state index contributed by atoms with van der Waals surface area (Å²) in [4.78, 5) is 19.8. The molecule has 0 atom stereocenters. The minimum Gasteiger partial charge on any atom is -0.287 e. The lowest BCUT2D eigenvalue weighted by Crippen LogP contribution is -2.22. The van der Waals surface area contributed by atoms with Crippen LogP contribution < -0.4 is 5.56 Å². The third-order valence-electron chi connectivity index (χ3n) is 4.94. The number of tetrazole rings is 1. The fourth-order valence-corrected chi connectivity index (χ4v) is 5.83. The third-order valence-corrected chi connectivity index (χ3v) is 8.15. The van der Waals surface area contributed by atoms with E-state index in [9.17, 15) is 13.2 Å². The zero-order valence-electron chi connectivity index (χ0n) is 17.4. The maximum atomic E-state index is 13.0. The van der Waals surface area contributed by atoms with E-state index < -0.39 is 9.84 Å². The number of hydrogen-bond acceptors (Lipinski definition) is 9. The van der Waals surface area contributed by atoms with Gasteiger partial charge in [-0.15, -0.1) is 16.4 Å². The van der Waals surface area contributed by atoms with Gasteiger partial charge in [-0.05, 0) is 61.0 Å². The van der Waals surface area contributed by atoms with Gasteiger partial charge in [0.05, 0.1) is 21.7 Å². The van der Waals surface area contributed by atoms with Crippen LogP contribution >= 0.6 is 23.1 Å². The number of aryl methyl sites for hydroxylation is 2. The molecule has 9 nitrogen and oxygen atoms in total. The highest BCUT2D eigenvalue weighted by Gasteiger charge is 2.18. The van der Waals surface area contributed by atoms with Crippen LogP contribution in [0.3, 0.4) is 0 Å². The van der Waals surface area contributed by atoms with Crippen molar-refractivity contribution in [2.75, 3.05) is 6.26 Å². The van der Waals surface area contributed by atoms with Crippen LogP contribution in [0.15, 0.2) is 39.1 Å². The van der Waals surface area contributed by atoms with E-state index in [1.807, 2.05) is 20.8 Å². The second-order valence-corrected chi connectivity index (χ2v) is 11.1. The van der Waals surface area contributed by atoms with Crippen LogP contribution in [0, 0.1) is 13.8 Å². The van der Waals surface area contributed by atoms with Crippen molar-refractivity contribution < 1.29 is 8.42 Å². The number of rotatable bonds is 6. The smallest absolute Gasteiger partial charge is 0.263 e. The molecule has 3 aromatic heterocycles. The number of hydrogen-bond donors (Lipinski definition) is 0. The van der Waals surface area contributed by atoms with E-state index in [-0.39, 0.29) is 10.5 Å². The van der Waals surface area contributed by atoms with Crippen LogP contribution in [0.1, 0.15) is 23.2 Å². The van der Waals surface area contributed by atoms with Gasteiger partial charge in [-0.25, -0.2) is 13.4 Å². The number of thioether (sulfide) groups is 1. The predicted molar refractivity (Wildman–Crippen MR) is 121 cm³/mol. The van der Waals surface area contributed by atoms with Gasteiger partial charge >= 0.3 is 0 Å². The average molecular weight is 477 g/mol. The van der Waals surface area contributed by atoms with Crippen molar-refractivity contribution in [1.29, 1.82) is 0 Å². The van der Waals surface area contributed by atoms with E-state index in [4.69, 9.17) is 4.98 Å². The molecule has 0 radical (unpaired) electrons. The second-order valence-electron chi connectivity index (χ2n) is 6.97. The molecule has 162 valence electrons. The number of sulfone groups is 1. The molecule has 0 fully saturated rings. The molecule has 0 aliphatic rings. The Labute approximate surface area is 187 Å². The maximum absolute atomic E-state index is 13.0. The molecule has 0 N–H and O–H groups in total. The fourth-order valence-electron chi connectivity index (χ4n) is 3.16. The minimum atomic E-state index is -3.28. The molecule has 4 rings (SSSR count). The van der Waals surface area contributed by atoms with Crippen LogP contribution in [0.4, 0.5) is 0 Å². The molecular weight excluding hydrogens is 456 g/mol. The van der Waals surface area contributed by atoms with E-state index in [0.29, 0.717) is 34.4 Å². The average Bonchev–Trinajstić information content (AvgIpc) is 3.30. The Morgan fingerprint density at radius 1 is 1.16 bits per heavy atom. The van der Waals surface area contributed by atoms with Crippen LogP contribution in [0.2, 0.25) is 0 Å². The molecule has 4 aromatic rings. The molecule has 0 aliphatic heterocycles. The minimum absolute atomic E-state index is 0.0344. The van der Waals surface area contributed by atoms with Gasteiger partial charge in [0.25, 0.3) is 5.56 Å². The Morgan fingerprint density at radius 2 is 1.87 bits per heavy atom. The van der Waals surface area contributed by atoms with Gasteiger partial charge in [0, 0.05) is 17.7 Å². The largest absolute Gasteiger partial charge is 0.287 e. The highest BCUT2D eigenvalue weighted by atomic mass is 32.2. The van der Waals surface area contributed by atoms with Gasteiger partial charge in [0.1, 0.15) is 4.83 Å². The monoisotopic (exact) mass is 476 g/mol. The van der Waals surface area contributed by atoms with E-state index in [1.165, 1.54) is 35.2 Å². The Morgan fingerprint density at radius 3 is 2.52 bits per heavy atom. The summed E-state index contributed by atoms with van der Waals surface area (Å²) in [5, 5.41) is 13.2. The van der Waals surface area contributed by atoms with Crippen molar-refractivity contribution in [1.82, 2.24) is 29.8 Å². The van der Waals surface area contributed by atoms with Crippen molar-refractivity contribution in [2.45, 2.75) is 43.1 Å². The summed E-state index contributed by atoms with van der Waals surface area (Å²) in [5.41, 5.74) is 1.60. The molecule has 31 heavy (non-hydrogen) atoms. The zero-order chi connectivity index (χ0) is 22.3. The molecular formula is C19H20N6O3S3. The van der Waals surface area contributed by atoms with Crippen molar-refractivity contribution in [2.24, 2.45) is 0 Å². The maximum Gasteiger partial charge on any atom is 0.263 e. The second kappa shape index (κ2) is 8.17. The summed E-state index contributed by atoms with van der Waals surface area (Å²) >= 11 is 2.91. The van der Waals surface area contributed by atoms with Gasteiger partial charge in [-0.2, -0.15) is 4.68 Å². The summed E-state index contributed by atoms with van der Waals surface area (Å²) < 4.78 is 26.6. The van der Waals surface area contributed by atoms with E-state index in [1.54, 1.807) is 21.4 Å². The number of fused-ring (bicyclic) bond motifs is 1. The first-order valence-electron chi connectivity index (χ1n) is 9.41. The van der Waals surface area contributed by atoms with E-state index >= 15 is 0 Å². The summed E-state index contributed by atoms with van der Waals surface area (Å²) in [6, 6.07) is 6.36. The van der Waals surface area contributed by atoms with Crippen LogP contribution in [-0.4, -0.2) is 44.4 Å². The number of thiophene rings is 1. The molecule has 0 saturated carbocycles. The molecule has 0 saturated heterocycles. The first-order valence-corrected chi connectivity index (χ1v) is 13.1. The van der Waals surface area contributed by atoms with Crippen molar-refractivity contribution in [3.63, 3.8) is 0 Å². The Bertz CT molecular complexity index is 1440. The molecule has 12 heteroatoms. The van der Waals surface area contributed by atoms with Gasteiger partial charge < -0.3 is 0 Å². The number of benzene rings is 1. The molecule has 3 heterocycles. The van der Waals surface area contributed by atoms with Crippen molar-refractivity contribution >= 4 is 43.2 Å². The van der Waals surface area contributed by atoms with Gasteiger partial charge in [0.15, 0.2) is 20.8 Å². The van der Waals surface area contributed by atoms with Gasteiger partial charge in [-0.3, -0.25) is 9.36 Å². The fraction of sp³-hybridized carbons (Fsp3) is 0.316. The molecule has 0 unspecified atom stereocenters. The topological polar surface area (TPSA) is 113 Å². The van der Waals surface area contributed by atoms with Crippen molar-refractivity contribution in [3.8, 4) is 5.69 Å². The van der Waals surface area contributed by atoms with Gasteiger partial charge in [-0.1, -0.05) is 11.8 Å². The summed E-state index contributed by atoms with van der Waals surface area (Å²) in [6.45, 7) is 6.37. The lowest BCUT2D eigenvalue weighted by atomic mass is 10.2. The van der Waals surface area contributed by atoms with Crippen LogP contribution in [0.5, 0.6) is 0 Å². The van der Waals surface area contributed by atoms with Gasteiger partial charge in [0.2, 0.25) is 0 Å². The Kier molecular flexibility index (Phi) is 5.71.